The third-order valence-corrected chi connectivity index (χ3v) is 5.91. The van der Waals surface area contributed by atoms with Crippen LogP contribution in [0.25, 0.3) is 0 Å². The van der Waals surface area contributed by atoms with E-state index in [1.165, 1.54) is 0 Å². The number of aliphatic hydroxyl groups is 1. The van der Waals surface area contributed by atoms with Gasteiger partial charge in [-0.05, 0) is 12.8 Å². The Morgan fingerprint density at radius 3 is 2.11 bits per heavy atom. The molecule has 0 atom stereocenters. The molecule has 10 nitrogen and oxygen atoms in total. The van der Waals surface area contributed by atoms with Gasteiger partial charge in [0.1, 0.15) is 6.54 Å². The summed E-state index contributed by atoms with van der Waals surface area (Å²) in [7, 11) is 0. The van der Waals surface area contributed by atoms with Crippen molar-refractivity contribution in [3.63, 3.8) is 0 Å². The maximum absolute atomic E-state index is 13.0. The number of imide groups is 2. The van der Waals surface area contributed by atoms with Crippen LogP contribution in [0, 0.1) is 0 Å². The van der Waals surface area contributed by atoms with Gasteiger partial charge < -0.3 is 15.5 Å². The number of aliphatic hydroxyl groups excluding tert-OH is 1. The number of carboxylic acids is 1. The predicted molar refractivity (Wildman–Crippen MR) is 99.2 cm³/mol. The van der Waals surface area contributed by atoms with Gasteiger partial charge in [-0.1, -0.05) is 19.3 Å². The van der Waals surface area contributed by atoms with Crippen molar-refractivity contribution in [3.05, 3.63) is 0 Å². The molecule has 0 aromatic rings. The summed E-state index contributed by atoms with van der Waals surface area (Å²) in [5, 5.41) is 26.1. The van der Waals surface area contributed by atoms with E-state index in [4.69, 9.17) is 5.11 Å². The van der Waals surface area contributed by atoms with Crippen molar-refractivity contribution in [1.29, 1.82) is 0 Å². The second kappa shape index (κ2) is 9.94. The van der Waals surface area contributed by atoms with Crippen LogP contribution in [0.3, 0.4) is 0 Å². The molecule has 2 saturated heterocycles. The van der Waals surface area contributed by atoms with E-state index in [1.807, 2.05) is 0 Å². The first-order valence-corrected chi connectivity index (χ1v) is 9.94. The van der Waals surface area contributed by atoms with Crippen molar-refractivity contribution >= 4 is 23.8 Å². The first-order valence-electron chi connectivity index (χ1n) is 9.94. The van der Waals surface area contributed by atoms with E-state index in [9.17, 15) is 24.3 Å². The highest BCUT2D eigenvalue weighted by molar-refractivity contribution is 6.21. The highest BCUT2D eigenvalue weighted by Gasteiger charge is 2.64. The molecular weight excluding hydrogens is 368 g/mol. The summed E-state index contributed by atoms with van der Waals surface area (Å²) in [5.74, 6) is -2.00. The third-order valence-electron chi connectivity index (χ3n) is 5.91. The molecule has 0 aromatic carbocycles. The van der Waals surface area contributed by atoms with Crippen LogP contribution in [-0.4, -0.2) is 83.4 Å². The molecule has 0 saturated carbocycles. The number of carbonyl (C=O) groups is 4. The van der Waals surface area contributed by atoms with Gasteiger partial charge in [-0.3, -0.25) is 29.5 Å². The van der Waals surface area contributed by atoms with Gasteiger partial charge in [-0.15, -0.1) is 0 Å². The highest BCUT2D eigenvalue weighted by Crippen LogP contribution is 2.34. The number of hydrogen-bond donors (Lipinski definition) is 5. The molecular formula is C18H31N4O6+. The van der Waals surface area contributed by atoms with E-state index < -0.39 is 29.4 Å². The minimum Gasteiger partial charge on any atom is -0.481 e. The Labute approximate surface area is 164 Å². The van der Waals surface area contributed by atoms with Crippen LogP contribution in [0.4, 0.5) is 4.79 Å². The van der Waals surface area contributed by atoms with Gasteiger partial charge in [0.15, 0.2) is 0 Å². The molecule has 10 heteroatoms. The number of nitrogens with zero attached hydrogens (tertiary/aromatic N) is 1. The number of unbranched alkanes of at least 4 members (excludes halogenated alkanes) is 4. The van der Waals surface area contributed by atoms with Gasteiger partial charge >= 0.3 is 12.0 Å². The highest BCUT2D eigenvalue weighted by atomic mass is 16.4. The lowest BCUT2D eigenvalue weighted by molar-refractivity contribution is -0.959. The summed E-state index contributed by atoms with van der Waals surface area (Å²) in [6, 6.07) is -0.809. The van der Waals surface area contributed by atoms with Gasteiger partial charge in [0.25, 0.3) is 17.4 Å². The number of rotatable bonds is 11. The molecule has 0 aromatic heterocycles. The predicted octanol–water partition coefficient (Wildman–Crippen LogP) is -0.681. The average molecular weight is 399 g/mol. The molecule has 2 fully saturated rings. The Balaban J connectivity index is 2.13. The second-order valence-electron chi connectivity index (χ2n) is 7.55. The van der Waals surface area contributed by atoms with Crippen LogP contribution in [0.1, 0.15) is 44.9 Å². The van der Waals surface area contributed by atoms with Gasteiger partial charge in [0, 0.05) is 25.9 Å². The maximum Gasteiger partial charge on any atom is 0.328 e. The lowest BCUT2D eigenvalue weighted by atomic mass is 9.82. The van der Waals surface area contributed by atoms with E-state index in [0.717, 1.165) is 19.3 Å². The number of quaternary nitrogens is 1. The summed E-state index contributed by atoms with van der Waals surface area (Å²) in [4.78, 5) is 48.2. The fourth-order valence-corrected chi connectivity index (χ4v) is 4.44. The molecule has 4 amide bonds. The largest absolute Gasteiger partial charge is 0.481 e. The number of hydrogen-bond acceptors (Lipinski definition) is 6. The quantitative estimate of drug-likeness (QED) is 0.176. The molecule has 158 valence electrons. The summed E-state index contributed by atoms with van der Waals surface area (Å²) in [6.45, 7) is 2.35. The van der Waals surface area contributed by atoms with Gasteiger partial charge in [0.2, 0.25) is 0 Å². The zero-order valence-electron chi connectivity index (χ0n) is 16.2. The zero-order valence-corrected chi connectivity index (χ0v) is 16.2. The summed E-state index contributed by atoms with van der Waals surface area (Å²) < 4.78 is 0.125. The number of carboxylic acid groups (broad SMARTS) is 1. The first-order chi connectivity index (χ1) is 13.4. The number of nitrogens with one attached hydrogen (secondary N) is 3. The van der Waals surface area contributed by atoms with E-state index in [2.05, 4.69) is 16.0 Å². The Kier molecular flexibility index (Phi) is 7.90. The van der Waals surface area contributed by atoms with Crippen molar-refractivity contribution in [3.8, 4) is 0 Å². The first kappa shape index (κ1) is 22.3. The van der Waals surface area contributed by atoms with Crippen LogP contribution in [0.5, 0.6) is 0 Å². The lowest BCUT2D eigenvalue weighted by Gasteiger charge is -2.53. The molecule has 28 heavy (non-hydrogen) atoms. The van der Waals surface area contributed by atoms with Crippen molar-refractivity contribution < 1.29 is 33.9 Å². The number of urea groups is 1. The van der Waals surface area contributed by atoms with E-state index in [-0.39, 0.29) is 30.5 Å². The summed E-state index contributed by atoms with van der Waals surface area (Å²) >= 11 is 0. The number of barbiturate groups is 1. The van der Waals surface area contributed by atoms with Crippen molar-refractivity contribution in [2.75, 3.05) is 39.3 Å². The Morgan fingerprint density at radius 1 is 0.964 bits per heavy atom. The number of amides is 4. The molecule has 0 bridgehead atoms. The van der Waals surface area contributed by atoms with Gasteiger partial charge in [0.05, 0.1) is 19.7 Å². The Hall–Kier alpha value is -2.04. The second-order valence-corrected chi connectivity index (χ2v) is 7.55. The minimum atomic E-state index is -1.44. The number of piperazine rings is 1. The van der Waals surface area contributed by atoms with E-state index >= 15 is 0 Å². The number of carbonyl (C=O) groups excluding carboxylic acids is 3. The molecule has 2 heterocycles. The van der Waals surface area contributed by atoms with Crippen LogP contribution in [0.15, 0.2) is 0 Å². The maximum atomic E-state index is 13.0. The van der Waals surface area contributed by atoms with Crippen LogP contribution >= 0.6 is 0 Å². The SMILES string of the molecule is O=C(O)CCCCCCCC1([N+]2(CCO)CCNCC2)C(=O)NC(=O)NC1=O. The molecule has 0 unspecified atom stereocenters. The van der Waals surface area contributed by atoms with Crippen molar-refractivity contribution in [2.24, 2.45) is 0 Å². The normalized spacial score (nSPS) is 21.1. The molecule has 0 spiro atoms. The average Bonchev–Trinajstić information content (AvgIpc) is 2.63. The molecule has 2 rings (SSSR count). The van der Waals surface area contributed by atoms with E-state index in [1.54, 1.807) is 0 Å². The molecule has 0 aliphatic carbocycles. The summed E-state index contributed by atoms with van der Waals surface area (Å²) in [5.41, 5.74) is -1.44. The van der Waals surface area contributed by atoms with Crippen molar-refractivity contribution in [1.82, 2.24) is 16.0 Å². The van der Waals surface area contributed by atoms with Gasteiger partial charge in [-0.25, -0.2) is 4.79 Å². The molecule has 5 N–H and O–H groups in total. The summed E-state index contributed by atoms with van der Waals surface area (Å²) in [6.07, 6.45) is 3.96. The Bertz CT molecular complexity index is 577. The smallest absolute Gasteiger partial charge is 0.328 e. The molecule has 0 radical (unpaired) electrons. The Morgan fingerprint density at radius 2 is 1.54 bits per heavy atom. The van der Waals surface area contributed by atoms with Crippen molar-refractivity contribution in [2.45, 2.75) is 50.5 Å². The standard InChI is InChI=1S/C18H30N4O6/c23-13-12-22(10-8-19-9-11-22)18(15(26)20-17(28)21-16(18)27)7-5-3-1-2-4-6-14(24)25/h19,23H,1-13H2,(H2-,20,21,24,25,26,27,28)/p+1. The van der Waals surface area contributed by atoms with Gasteiger partial charge in [-0.2, -0.15) is 0 Å². The third kappa shape index (κ3) is 4.68. The zero-order chi connectivity index (χ0) is 20.6. The monoisotopic (exact) mass is 399 g/mol. The topological polar surface area (TPSA) is 145 Å². The minimum absolute atomic E-state index is 0.125. The fourth-order valence-electron chi connectivity index (χ4n) is 4.44. The fraction of sp³-hybridized carbons (Fsp3) is 0.778. The number of aliphatic carboxylic acids is 1. The van der Waals surface area contributed by atoms with Crippen LogP contribution < -0.4 is 16.0 Å². The molecule has 2 aliphatic rings. The van der Waals surface area contributed by atoms with E-state index in [0.29, 0.717) is 39.0 Å². The molecule has 2 aliphatic heterocycles. The lowest BCUT2D eigenvalue weighted by Crippen LogP contribution is -2.82. The van der Waals surface area contributed by atoms with Crippen LogP contribution in [-0.2, 0) is 14.4 Å². The van der Waals surface area contributed by atoms with Crippen LogP contribution in [0.2, 0.25) is 0 Å².